The van der Waals surface area contributed by atoms with Crippen LogP contribution in [0.5, 0.6) is 0 Å². The standard InChI is InChI=1S/C21H34N2O5S/c1-4-5-6-7-14-22-20(24)13-12-19(21(25)26)23-29(27,28)18-10-8-17(9-11-18)15-16(2)3/h8-11,16,19,23H,4-7,12-15H2,1-3H3,(H,22,24)(H,25,26)/t19-/m0/s1. The summed E-state index contributed by atoms with van der Waals surface area (Å²) in [7, 11) is -3.99. The molecule has 0 aliphatic heterocycles. The van der Waals surface area contributed by atoms with Crippen molar-refractivity contribution in [2.24, 2.45) is 5.92 Å². The van der Waals surface area contributed by atoms with Gasteiger partial charge in [0.2, 0.25) is 15.9 Å². The molecule has 1 amide bonds. The minimum atomic E-state index is -3.99. The van der Waals surface area contributed by atoms with Crippen LogP contribution < -0.4 is 10.0 Å². The van der Waals surface area contributed by atoms with Gasteiger partial charge in [-0.3, -0.25) is 9.59 Å². The molecule has 8 heteroatoms. The third kappa shape index (κ3) is 9.89. The van der Waals surface area contributed by atoms with E-state index in [1.54, 1.807) is 12.1 Å². The zero-order chi connectivity index (χ0) is 21.9. The van der Waals surface area contributed by atoms with Gasteiger partial charge in [0.25, 0.3) is 0 Å². The third-order valence-corrected chi connectivity index (χ3v) is 5.97. The van der Waals surface area contributed by atoms with Gasteiger partial charge in [0.05, 0.1) is 4.90 Å². The van der Waals surface area contributed by atoms with Crippen LogP contribution in [0, 0.1) is 5.92 Å². The number of benzene rings is 1. The summed E-state index contributed by atoms with van der Waals surface area (Å²) in [6, 6.07) is 5.05. The summed E-state index contributed by atoms with van der Waals surface area (Å²) in [5, 5.41) is 12.1. The van der Waals surface area contributed by atoms with Crippen molar-refractivity contribution in [3.63, 3.8) is 0 Å². The van der Waals surface area contributed by atoms with Crippen molar-refractivity contribution in [3.05, 3.63) is 29.8 Å². The number of nitrogens with one attached hydrogen (secondary N) is 2. The van der Waals surface area contributed by atoms with Crippen LogP contribution in [0.4, 0.5) is 0 Å². The molecule has 0 aliphatic rings. The van der Waals surface area contributed by atoms with Gasteiger partial charge in [-0.25, -0.2) is 8.42 Å². The van der Waals surface area contributed by atoms with Gasteiger partial charge in [-0.2, -0.15) is 4.72 Å². The third-order valence-electron chi connectivity index (χ3n) is 4.49. The first-order valence-corrected chi connectivity index (χ1v) is 11.7. The second-order valence-corrected chi connectivity index (χ2v) is 9.42. The smallest absolute Gasteiger partial charge is 0.321 e. The van der Waals surface area contributed by atoms with Gasteiger partial charge in [-0.15, -0.1) is 0 Å². The van der Waals surface area contributed by atoms with E-state index in [2.05, 4.69) is 30.8 Å². The molecule has 164 valence electrons. The molecule has 0 fully saturated rings. The average Bonchev–Trinajstić information content (AvgIpc) is 2.64. The second-order valence-electron chi connectivity index (χ2n) is 7.70. The zero-order valence-electron chi connectivity index (χ0n) is 17.6. The molecule has 0 heterocycles. The minimum Gasteiger partial charge on any atom is -0.480 e. The zero-order valence-corrected chi connectivity index (χ0v) is 18.4. The van der Waals surface area contributed by atoms with Gasteiger partial charge >= 0.3 is 5.97 Å². The first-order chi connectivity index (χ1) is 13.7. The van der Waals surface area contributed by atoms with E-state index in [4.69, 9.17) is 0 Å². The summed E-state index contributed by atoms with van der Waals surface area (Å²) >= 11 is 0. The molecule has 1 aromatic rings. The molecule has 0 bridgehead atoms. The highest BCUT2D eigenvalue weighted by Gasteiger charge is 2.26. The highest BCUT2D eigenvalue weighted by molar-refractivity contribution is 7.89. The number of carboxylic acids is 1. The Morgan fingerprint density at radius 1 is 1.07 bits per heavy atom. The fourth-order valence-corrected chi connectivity index (χ4v) is 4.13. The van der Waals surface area contributed by atoms with Gasteiger partial charge in [0, 0.05) is 13.0 Å². The fraction of sp³-hybridized carbons (Fsp3) is 0.619. The minimum absolute atomic E-state index is 0.0108. The first-order valence-electron chi connectivity index (χ1n) is 10.3. The number of carbonyl (C=O) groups is 2. The number of sulfonamides is 1. The van der Waals surface area contributed by atoms with Crippen molar-refractivity contribution < 1.29 is 23.1 Å². The largest absolute Gasteiger partial charge is 0.480 e. The quantitative estimate of drug-likeness (QED) is 0.396. The van der Waals surface area contributed by atoms with Crippen LogP contribution in [0.3, 0.4) is 0 Å². The predicted molar refractivity (Wildman–Crippen MR) is 113 cm³/mol. The lowest BCUT2D eigenvalue weighted by atomic mass is 10.0. The molecule has 0 aliphatic carbocycles. The number of amides is 1. The molecule has 0 aromatic heterocycles. The van der Waals surface area contributed by atoms with E-state index in [1.807, 2.05) is 0 Å². The lowest BCUT2D eigenvalue weighted by Crippen LogP contribution is -2.41. The van der Waals surface area contributed by atoms with Crippen molar-refractivity contribution >= 4 is 21.9 Å². The molecule has 0 spiro atoms. The van der Waals surface area contributed by atoms with Crippen LogP contribution >= 0.6 is 0 Å². The van der Waals surface area contributed by atoms with E-state index in [-0.39, 0.29) is 23.6 Å². The maximum absolute atomic E-state index is 12.5. The van der Waals surface area contributed by atoms with Crippen molar-refractivity contribution in [2.45, 2.75) is 76.7 Å². The molecular formula is C21H34N2O5S. The van der Waals surface area contributed by atoms with E-state index in [0.717, 1.165) is 37.7 Å². The number of unbranched alkanes of at least 4 members (excludes halogenated alkanes) is 3. The van der Waals surface area contributed by atoms with Crippen molar-refractivity contribution in [1.82, 2.24) is 10.0 Å². The maximum atomic E-state index is 12.5. The SMILES string of the molecule is CCCCCCNC(=O)CC[C@H](NS(=O)(=O)c1ccc(CC(C)C)cc1)C(=O)O. The molecule has 1 rings (SSSR count). The second kappa shape index (κ2) is 12.6. The van der Waals surface area contributed by atoms with Gasteiger partial charge in [-0.1, -0.05) is 52.2 Å². The van der Waals surface area contributed by atoms with E-state index < -0.39 is 22.0 Å². The molecular weight excluding hydrogens is 392 g/mol. The molecule has 7 nitrogen and oxygen atoms in total. The van der Waals surface area contributed by atoms with Crippen LogP contribution in [-0.2, 0) is 26.0 Å². The molecule has 0 radical (unpaired) electrons. The number of rotatable bonds is 14. The van der Waals surface area contributed by atoms with E-state index in [9.17, 15) is 23.1 Å². The topological polar surface area (TPSA) is 113 Å². The lowest BCUT2D eigenvalue weighted by Gasteiger charge is -2.15. The highest BCUT2D eigenvalue weighted by Crippen LogP contribution is 2.15. The Balaban J connectivity index is 2.61. The van der Waals surface area contributed by atoms with Gasteiger partial charge < -0.3 is 10.4 Å². The summed E-state index contributed by atoms with van der Waals surface area (Å²) in [6.07, 6.45) is 4.79. The Hall–Kier alpha value is -1.93. The van der Waals surface area contributed by atoms with E-state index >= 15 is 0 Å². The molecule has 0 saturated carbocycles. The Morgan fingerprint density at radius 3 is 2.28 bits per heavy atom. The van der Waals surface area contributed by atoms with Crippen molar-refractivity contribution in [3.8, 4) is 0 Å². The van der Waals surface area contributed by atoms with Crippen LogP contribution in [0.15, 0.2) is 29.2 Å². The average molecular weight is 427 g/mol. The van der Waals surface area contributed by atoms with Crippen molar-refractivity contribution in [1.29, 1.82) is 0 Å². The maximum Gasteiger partial charge on any atom is 0.321 e. The van der Waals surface area contributed by atoms with Gasteiger partial charge in [0.1, 0.15) is 6.04 Å². The van der Waals surface area contributed by atoms with E-state index in [0.29, 0.717) is 12.5 Å². The molecule has 29 heavy (non-hydrogen) atoms. The number of carbonyl (C=O) groups excluding carboxylic acids is 1. The number of aliphatic carboxylic acids is 1. The summed E-state index contributed by atoms with van der Waals surface area (Å²) in [5.41, 5.74) is 1.02. The molecule has 0 saturated heterocycles. The van der Waals surface area contributed by atoms with Gasteiger partial charge in [-0.05, 0) is 42.9 Å². The fourth-order valence-electron chi connectivity index (χ4n) is 2.91. The summed E-state index contributed by atoms with van der Waals surface area (Å²) in [4.78, 5) is 23.4. The van der Waals surface area contributed by atoms with E-state index in [1.165, 1.54) is 12.1 Å². The van der Waals surface area contributed by atoms with Crippen LogP contribution in [0.2, 0.25) is 0 Å². The Kier molecular flexibility index (Phi) is 10.9. The van der Waals surface area contributed by atoms with Crippen molar-refractivity contribution in [2.75, 3.05) is 6.54 Å². The number of carboxylic acid groups (broad SMARTS) is 1. The Labute approximate surface area is 174 Å². The molecule has 1 atom stereocenters. The highest BCUT2D eigenvalue weighted by atomic mass is 32.2. The molecule has 0 unspecified atom stereocenters. The Morgan fingerprint density at radius 2 is 1.72 bits per heavy atom. The Bertz CT molecular complexity index is 745. The van der Waals surface area contributed by atoms with Crippen LogP contribution in [-0.4, -0.2) is 38.0 Å². The molecule has 3 N–H and O–H groups in total. The first kappa shape index (κ1) is 25.1. The number of hydrogen-bond donors (Lipinski definition) is 3. The van der Waals surface area contributed by atoms with Gasteiger partial charge in [0.15, 0.2) is 0 Å². The van der Waals surface area contributed by atoms with Crippen LogP contribution in [0.25, 0.3) is 0 Å². The normalized spacial score (nSPS) is 12.7. The number of hydrogen-bond acceptors (Lipinski definition) is 4. The summed E-state index contributed by atoms with van der Waals surface area (Å²) in [5.74, 6) is -1.13. The predicted octanol–water partition coefficient (Wildman–Crippen LogP) is 3.09. The monoisotopic (exact) mass is 426 g/mol. The summed E-state index contributed by atoms with van der Waals surface area (Å²) in [6.45, 7) is 6.80. The molecule has 1 aromatic carbocycles. The summed E-state index contributed by atoms with van der Waals surface area (Å²) < 4.78 is 27.2. The lowest BCUT2D eigenvalue weighted by molar-refractivity contribution is -0.139. The van der Waals surface area contributed by atoms with Crippen LogP contribution in [0.1, 0.15) is 64.9 Å².